The Labute approximate surface area is 180 Å². The van der Waals surface area contributed by atoms with Crippen molar-refractivity contribution in [3.8, 4) is 11.1 Å². The molecule has 0 saturated heterocycles. The van der Waals surface area contributed by atoms with Gasteiger partial charge in [-0.1, -0.05) is 48.0 Å². The molecule has 0 atom stereocenters. The number of Topliss-reactive ketones (excluding diaryl/α,β-unsaturated/α-hetero) is 1. The van der Waals surface area contributed by atoms with Crippen molar-refractivity contribution in [1.29, 1.82) is 0 Å². The molecule has 4 rings (SSSR count). The van der Waals surface area contributed by atoms with Gasteiger partial charge in [-0.15, -0.1) is 0 Å². The molecule has 1 aliphatic rings. The number of ketones is 1. The van der Waals surface area contributed by atoms with Crippen LogP contribution in [0.15, 0.2) is 48.5 Å². The topological polar surface area (TPSA) is 79.5 Å². The number of carbonyl (C=O) groups is 3. The Balaban J connectivity index is 1.80. The summed E-state index contributed by atoms with van der Waals surface area (Å²) in [4.78, 5) is 43.8. The van der Waals surface area contributed by atoms with Crippen molar-refractivity contribution >= 4 is 23.3 Å². The van der Waals surface area contributed by atoms with Gasteiger partial charge in [-0.25, -0.2) is 4.79 Å². The molecule has 6 nitrogen and oxygen atoms in total. The van der Waals surface area contributed by atoms with Gasteiger partial charge in [0.1, 0.15) is 5.69 Å². The molecule has 158 valence electrons. The second-order valence-corrected chi connectivity index (χ2v) is 7.63. The first-order valence-corrected chi connectivity index (χ1v) is 10.3. The van der Waals surface area contributed by atoms with E-state index in [4.69, 9.17) is 4.74 Å². The maximum Gasteiger partial charge on any atom is 0.340 e. The number of aromatic nitrogens is 1. The Bertz CT molecular complexity index is 1170. The molecule has 1 aromatic heterocycles. The number of rotatable bonds is 5. The fraction of sp³-hybridized carbons (Fsp3) is 0.240. The molecule has 0 fully saturated rings. The van der Waals surface area contributed by atoms with Crippen LogP contribution in [0.25, 0.3) is 11.1 Å². The van der Waals surface area contributed by atoms with Crippen molar-refractivity contribution in [2.45, 2.75) is 27.2 Å². The van der Waals surface area contributed by atoms with Crippen molar-refractivity contribution in [3.63, 3.8) is 0 Å². The fourth-order valence-corrected chi connectivity index (χ4v) is 4.04. The molecule has 0 spiro atoms. The first-order chi connectivity index (χ1) is 14.9. The van der Waals surface area contributed by atoms with E-state index in [-0.39, 0.29) is 17.9 Å². The lowest BCUT2D eigenvalue weighted by Crippen LogP contribution is -2.35. The third-order valence-corrected chi connectivity index (χ3v) is 5.56. The Morgan fingerprint density at radius 2 is 1.74 bits per heavy atom. The highest BCUT2D eigenvalue weighted by molar-refractivity contribution is 6.48. The van der Waals surface area contributed by atoms with E-state index in [1.165, 1.54) is 4.90 Å². The first-order valence-electron chi connectivity index (χ1n) is 10.3. The van der Waals surface area contributed by atoms with Crippen molar-refractivity contribution in [1.82, 2.24) is 4.98 Å². The molecule has 31 heavy (non-hydrogen) atoms. The van der Waals surface area contributed by atoms with E-state index in [9.17, 15) is 14.4 Å². The molecule has 0 saturated carbocycles. The fourth-order valence-electron chi connectivity index (χ4n) is 4.04. The highest BCUT2D eigenvalue weighted by atomic mass is 16.5. The number of esters is 1. The van der Waals surface area contributed by atoms with Crippen molar-refractivity contribution in [3.05, 3.63) is 76.6 Å². The summed E-state index contributed by atoms with van der Waals surface area (Å²) in [6, 6.07) is 15.1. The highest BCUT2D eigenvalue weighted by Gasteiger charge is 2.34. The molecule has 3 aromatic rings. The number of benzene rings is 2. The number of nitrogens with zero attached hydrogens (tertiary/aromatic N) is 1. The molecule has 1 N–H and O–H groups in total. The largest absolute Gasteiger partial charge is 0.462 e. The van der Waals surface area contributed by atoms with E-state index in [1.807, 2.05) is 55.5 Å². The van der Waals surface area contributed by atoms with Crippen molar-refractivity contribution < 1.29 is 19.1 Å². The number of aryl methyl sites for hydroxylation is 2. The highest BCUT2D eigenvalue weighted by Crippen LogP contribution is 2.33. The summed E-state index contributed by atoms with van der Waals surface area (Å²) in [5, 5.41) is 0. The Kier molecular flexibility index (Phi) is 5.46. The van der Waals surface area contributed by atoms with E-state index < -0.39 is 17.7 Å². The van der Waals surface area contributed by atoms with Crippen LogP contribution in [0.1, 0.15) is 44.6 Å². The predicted octanol–water partition coefficient (Wildman–Crippen LogP) is 4.25. The first kappa shape index (κ1) is 20.6. The van der Waals surface area contributed by atoms with E-state index in [0.717, 1.165) is 16.8 Å². The van der Waals surface area contributed by atoms with E-state index in [0.29, 0.717) is 29.8 Å². The average molecular weight is 416 g/mol. The van der Waals surface area contributed by atoms with Crippen LogP contribution in [0.2, 0.25) is 0 Å². The van der Waals surface area contributed by atoms with Gasteiger partial charge in [-0.3, -0.25) is 9.59 Å². The van der Waals surface area contributed by atoms with Crippen molar-refractivity contribution in [2.24, 2.45) is 0 Å². The van der Waals surface area contributed by atoms with Gasteiger partial charge in [-0.2, -0.15) is 0 Å². The summed E-state index contributed by atoms with van der Waals surface area (Å²) in [5.74, 6) is -1.81. The average Bonchev–Trinajstić information content (AvgIpc) is 3.34. The van der Waals surface area contributed by atoms with Crippen LogP contribution < -0.4 is 4.90 Å². The standard InChI is InChI=1S/C25H24N2O4/c1-4-31-25(30)20-16(3)26-22(21(20)18-11-9-15(2)10-12-18)23(28)24(29)27-14-13-17-7-5-6-8-19(17)27/h5-12,26H,4,13-14H2,1-3H3. The van der Waals surface area contributed by atoms with Gasteiger partial charge in [0.15, 0.2) is 0 Å². The molecular formula is C25H24N2O4. The monoisotopic (exact) mass is 416 g/mol. The summed E-state index contributed by atoms with van der Waals surface area (Å²) in [7, 11) is 0. The zero-order chi connectivity index (χ0) is 22.1. The van der Waals surface area contributed by atoms with Gasteiger partial charge < -0.3 is 14.6 Å². The lowest BCUT2D eigenvalue weighted by atomic mass is 9.97. The van der Waals surface area contributed by atoms with E-state index in [2.05, 4.69) is 4.98 Å². The number of ether oxygens (including phenoxy) is 1. The second kappa shape index (κ2) is 8.22. The van der Waals surface area contributed by atoms with Crippen LogP contribution in [0.3, 0.4) is 0 Å². The molecule has 1 aliphatic heterocycles. The number of amides is 1. The van der Waals surface area contributed by atoms with Gasteiger partial charge >= 0.3 is 11.9 Å². The number of para-hydroxylation sites is 1. The van der Waals surface area contributed by atoms with Crippen LogP contribution >= 0.6 is 0 Å². The SMILES string of the molecule is CCOC(=O)c1c(C)[nH]c(C(=O)C(=O)N2CCc3ccccc32)c1-c1ccc(C)cc1. The molecule has 2 heterocycles. The van der Waals surface area contributed by atoms with Crippen LogP contribution in [0.5, 0.6) is 0 Å². The normalized spacial score (nSPS) is 12.5. The summed E-state index contributed by atoms with van der Waals surface area (Å²) in [5.41, 5.74) is 4.81. The lowest BCUT2D eigenvalue weighted by molar-refractivity contribution is -0.114. The van der Waals surface area contributed by atoms with Crippen LogP contribution in [-0.4, -0.2) is 35.8 Å². The number of nitrogens with one attached hydrogen (secondary N) is 1. The number of anilines is 1. The summed E-state index contributed by atoms with van der Waals surface area (Å²) in [6.45, 7) is 6.05. The third-order valence-electron chi connectivity index (χ3n) is 5.56. The minimum Gasteiger partial charge on any atom is -0.462 e. The van der Waals surface area contributed by atoms with Crippen molar-refractivity contribution in [2.75, 3.05) is 18.1 Å². The van der Waals surface area contributed by atoms with Crippen LogP contribution in [0, 0.1) is 13.8 Å². The smallest absolute Gasteiger partial charge is 0.340 e. The molecule has 0 radical (unpaired) electrons. The molecule has 1 amide bonds. The number of fused-ring (bicyclic) bond motifs is 1. The second-order valence-electron chi connectivity index (χ2n) is 7.63. The minimum absolute atomic E-state index is 0.110. The van der Waals surface area contributed by atoms with Gasteiger partial charge in [0, 0.05) is 23.5 Å². The lowest BCUT2D eigenvalue weighted by Gasteiger charge is -2.16. The maximum atomic E-state index is 13.4. The predicted molar refractivity (Wildman–Crippen MR) is 118 cm³/mol. The molecule has 0 unspecified atom stereocenters. The minimum atomic E-state index is -0.675. The van der Waals surface area contributed by atoms with E-state index in [1.54, 1.807) is 13.8 Å². The van der Waals surface area contributed by atoms with Gasteiger partial charge in [0.2, 0.25) is 0 Å². The Hall–Kier alpha value is -3.67. The molecular weight excluding hydrogens is 392 g/mol. The quantitative estimate of drug-likeness (QED) is 0.383. The third kappa shape index (κ3) is 3.65. The molecule has 0 bridgehead atoms. The number of carbonyl (C=O) groups excluding carboxylic acids is 3. The van der Waals surface area contributed by atoms with E-state index >= 15 is 0 Å². The summed E-state index contributed by atoms with van der Waals surface area (Å²) >= 11 is 0. The zero-order valence-corrected chi connectivity index (χ0v) is 17.8. The Morgan fingerprint density at radius 1 is 1.03 bits per heavy atom. The summed E-state index contributed by atoms with van der Waals surface area (Å²) < 4.78 is 5.23. The van der Waals surface area contributed by atoms with Gasteiger partial charge in [0.25, 0.3) is 5.78 Å². The maximum absolute atomic E-state index is 13.4. The van der Waals surface area contributed by atoms with Gasteiger partial charge in [0.05, 0.1) is 12.2 Å². The molecule has 2 aromatic carbocycles. The summed E-state index contributed by atoms with van der Waals surface area (Å²) in [6.07, 6.45) is 0.706. The number of aromatic amines is 1. The van der Waals surface area contributed by atoms with Crippen LogP contribution in [0.4, 0.5) is 5.69 Å². The van der Waals surface area contributed by atoms with Crippen LogP contribution in [-0.2, 0) is 16.0 Å². The number of hydrogen-bond donors (Lipinski definition) is 1. The number of H-pyrrole nitrogens is 1. The Morgan fingerprint density at radius 3 is 2.45 bits per heavy atom. The van der Waals surface area contributed by atoms with Gasteiger partial charge in [-0.05, 0) is 44.4 Å². The number of hydrogen-bond acceptors (Lipinski definition) is 4. The molecule has 0 aliphatic carbocycles. The molecule has 6 heteroatoms. The zero-order valence-electron chi connectivity index (χ0n) is 17.8.